The van der Waals surface area contributed by atoms with E-state index >= 15 is 0 Å². The van der Waals surface area contributed by atoms with E-state index in [9.17, 15) is 22.8 Å². The Kier molecular flexibility index (Phi) is 7.83. The van der Waals surface area contributed by atoms with Crippen LogP contribution in [0.15, 0.2) is 42.6 Å². The minimum atomic E-state index is -4.55. The molecular weight excluding hydrogens is 411 g/mol. The summed E-state index contributed by atoms with van der Waals surface area (Å²) >= 11 is 6.05. The van der Waals surface area contributed by atoms with E-state index in [1.165, 1.54) is 4.90 Å². The number of ether oxygens (including phenoxy) is 1. The number of amides is 2. The van der Waals surface area contributed by atoms with Crippen molar-refractivity contribution in [2.24, 2.45) is 0 Å². The molecule has 0 unspecified atom stereocenters. The minimum absolute atomic E-state index is 0.0622. The van der Waals surface area contributed by atoms with Crippen molar-refractivity contribution in [2.45, 2.75) is 19.0 Å². The molecule has 0 bridgehead atoms. The Balaban J connectivity index is 1.71. The highest BCUT2D eigenvalue weighted by atomic mass is 35.5. The molecule has 2 aromatic rings. The van der Waals surface area contributed by atoms with Gasteiger partial charge in [-0.3, -0.25) is 10.1 Å². The van der Waals surface area contributed by atoms with Gasteiger partial charge in [-0.1, -0.05) is 29.8 Å². The minimum Gasteiger partial charge on any atom is -0.447 e. The lowest BCUT2D eigenvalue weighted by Crippen LogP contribution is -2.31. The smallest absolute Gasteiger partial charge is 0.433 e. The largest absolute Gasteiger partial charge is 0.447 e. The fourth-order valence-corrected chi connectivity index (χ4v) is 2.55. The highest BCUT2D eigenvalue weighted by molar-refractivity contribution is 6.31. The number of aryl methyl sites for hydroxylation is 1. The third-order valence-electron chi connectivity index (χ3n) is 3.95. The van der Waals surface area contributed by atoms with Gasteiger partial charge < -0.3 is 9.64 Å². The maximum Gasteiger partial charge on any atom is 0.433 e. The second-order valence-electron chi connectivity index (χ2n) is 6.10. The molecule has 1 N–H and O–H groups in total. The molecule has 1 aromatic heterocycles. The highest BCUT2D eigenvalue weighted by Gasteiger charge is 2.32. The average molecular weight is 430 g/mol. The predicted molar refractivity (Wildman–Crippen MR) is 102 cm³/mol. The zero-order chi connectivity index (χ0) is 21.4. The standard InChI is InChI=1S/C19H19ClF3N3O3/c1-26(17(27)9-6-13-4-2-3-5-15(13)20)10-11-29-18(28)25-14-7-8-16(24-12-14)19(21,22)23/h2-5,7-8,12H,6,9-11H2,1H3,(H,25,28). The normalized spacial score (nSPS) is 11.1. The Labute approximate surface area is 170 Å². The van der Waals surface area contributed by atoms with Crippen molar-refractivity contribution >= 4 is 29.3 Å². The summed E-state index contributed by atoms with van der Waals surface area (Å²) in [5.74, 6) is -0.138. The zero-order valence-corrected chi connectivity index (χ0v) is 16.3. The Morgan fingerprint density at radius 3 is 2.55 bits per heavy atom. The Bertz CT molecular complexity index is 845. The second kappa shape index (κ2) is 10.1. The average Bonchev–Trinajstić information content (AvgIpc) is 2.66. The Hall–Kier alpha value is -2.81. The maximum atomic E-state index is 12.4. The van der Waals surface area contributed by atoms with Gasteiger partial charge in [0.25, 0.3) is 0 Å². The Morgan fingerprint density at radius 2 is 1.93 bits per heavy atom. The van der Waals surface area contributed by atoms with Crippen LogP contribution in [0.3, 0.4) is 0 Å². The van der Waals surface area contributed by atoms with Crippen molar-refractivity contribution in [3.8, 4) is 0 Å². The molecule has 2 amide bonds. The van der Waals surface area contributed by atoms with Crippen LogP contribution in [-0.2, 0) is 22.1 Å². The molecule has 0 atom stereocenters. The maximum absolute atomic E-state index is 12.4. The summed E-state index contributed by atoms with van der Waals surface area (Å²) in [5.41, 5.74) is -0.128. The lowest BCUT2D eigenvalue weighted by atomic mass is 10.1. The van der Waals surface area contributed by atoms with E-state index < -0.39 is 18.0 Å². The van der Waals surface area contributed by atoms with E-state index in [0.717, 1.165) is 23.9 Å². The van der Waals surface area contributed by atoms with Crippen LogP contribution in [-0.4, -0.2) is 42.1 Å². The molecule has 1 aromatic carbocycles. The summed E-state index contributed by atoms with van der Waals surface area (Å²) in [7, 11) is 1.58. The number of hydrogen-bond acceptors (Lipinski definition) is 4. The molecule has 0 radical (unpaired) electrons. The van der Waals surface area contributed by atoms with Crippen LogP contribution in [0.25, 0.3) is 0 Å². The molecule has 10 heteroatoms. The third kappa shape index (κ3) is 7.26. The van der Waals surface area contributed by atoms with Crippen molar-refractivity contribution in [1.29, 1.82) is 0 Å². The number of rotatable bonds is 7. The van der Waals surface area contributed by atoms with Crippen LogP contribution >= 0.6 is 11.6 Å². The van der Waals surface area contributed by atoms with Gasteiger partial charge >= 0.3 is 12.3 Å². The van der Waals surface area contributed by atoms with Crippen molar-refractivity contribution in [2.75, 3.05) is 25.5 Å². The number of benzene rings is 1. The second-order valence-corrected chi connectivity index (χ2v) is 6.50. The van der Waals surface area contributed by atoms with Crippen LogP contribution in [0.2, 0.25) is 5.02 Å². The molecule has 0 fully saturated rings. The number of nitrogens with zero attached hydrogens (tertiary/aromatic N) is 2. The van der Waals surface area contributed by atoms with Crippen molar-refractivity contribution in [3.05, 3.63) is 58.9 Å². The van der Waals surface area contributed by atoms with Gasteiger partial charge in [0.15, 0.2) is 0 Å². The van der Waals surface area contributed by atoms with Crippen molar-refractivity contribution in [1.82, 2.24) is 9.88 Å². The van der Waals surface area contributed by atoms with E-state index in [1.807, 2.05) is 18.2 Å². The number of carbonyl (C=O) groups is 2. The number of nitrogens with one attached hydrogen (secondary N) is 1. The number of alkyl halides is 3. The summed E-state index contributed by atoms with van der Waals surface area (Å²) in [6.07, 6.45) is -3.78. The van der Waals surface area contributed by atoms with E-state index in [-0.39, 0.29) is 31.2 Å². The van der Waals surface area contributed by atoms with Gasteiger partial charge in [0.2, 0.25) is 5.91 Å². The molecular formula is C19H19ClF3N3O3. The number of pyridine rings is 1. The summed E-state index contributed by atoms with van der Waals surface area (Å²) in [6.45, 7) is 0.0915. The summed E-state index contributed by atoms with van der Waals surface area (Å²) in [6, 6.07) is 9.07. The van der Waals surface area contributed by atoms with Crippen LogP contribution in [0.4, 0.5) is 23.7 Å². The first-order valence-corrected chi connectivity index (χ1v) is 8.99. The van der Waals surface area contributed by atoms with E-state index in [1.54, 1.807) is 13.1 Å². The quantitative estimate of drug-likeness (QED) is 0.708. The molecule has 0 aliphatic rings. The lowest BCUT2D eigenvalue weighted by molar-refractivity contribution is -0.141. The molecule has 156 valence electrons. The number of halogens is 4. The number of likely N-dealkylation sites (N-methyl/N-ethyl adjacent to an activating group) is 1. The zero-order valence-electron chi connectivity index (χ0n) is 15.5. The molecule has 0 aliphatic carbocycles. The monoisotopic (exact) mass is 429 g/mol. The van der Waals surface area contributed by atoms with Gasteiger partial charge in [-0.15, -0.1) is 0 Å². The topological polar surface area (TPSA) is 71.5 Å². The van der Waals surface area contributed by atoms with E-state index in [2.05, 4.69) is 10.3 Å². The SMILES string of the molecule is CN(CCOC(=O)Nc1ccc(C(F)(F)F)nc1)C(=O)CCc1ccccc1Cl. The van der Waals surface area contributed by atoms with Gasteiger partial charge in [0.1, 0.15) is 12.3 Å². The molecule has 6 nitrogen and oxygen atoms in total. The fraction of sp³-hybridized carbons (Fsp3) is 0.316. The molecule has 0 saturated carbocycles. The highest BCUT2D eigenvalue weighted by Crippen LogP contribution is 2.27. The third-order valence-corrected chi connectivity index (χ3v) is 4.32. The summed E-state index contributed by atoms with van der Waals surface area (Å²) < 4.78 is 42.3. The van der Waals surface area contributed by atoms with Crippen molar-refractivity contribution < 1.29 is 27.5 Å². The summed E-state index contributed by atoms with van der Waals surface area (Å²) in [5, 5.41) is 2.87. The van der Waals surface area contributed by atoms with Crippen molar-refractivity contribution in [3.63, 3.8) is 0 Å². The number of hydrogen-bond donors (Lipinski definition) is 1. The Morgan fingerprint density at radius 1 is 1.21 bits per heavy atom. The number of anilines is 1. The van der Waals surface area contributed by atoms with Gasteiger partial charge in [-0.2, -0.15) is 13.2 Å². The van der Waals surface area contributed by atoms with E-state index in [0.29, 0.717) is 11.4 Å². The first-order chi connectivity index (χ1) is 13.7. The number of carbonyl (C=O) groups excluding carboxylic acids is 2. The first-order valence-electron chi connectivity index (χ1n) is 8.61. The lowest BCUT2D eigenvalue weighted by Gasteiger charge is -2.17. The van der Waals surface area contributed by atoms with Gasteiger partial charge in [-0.05, 0) is 30.2 Å². The molecule has 1 heterocycles. The van der Waals surface area contributed by atoms with Gasteiger partial charge in [0.05, 0.1) is 18.4 Å². The molecule has 0 saturated heterocycles. The fourth-order valence-electron chi connectivity index (χ4n) is 2.32. The molecule has 0 spiro atoms. The van der Waals surface area contributed by atoms with Crippen LogP contribution < -0.4 is 5.32 Å². The first kappa shape index (κ1) is 22.5. The van der Waals surface area contributed by atoms with Gasteiger partial charge in [-0.25, -0.2) is 9.78 Å². The van der Waals surface area contributed by atoms with Crippen LogP contribution in [0, 0.1) is 0 Å². The predicted octanol–water partition coefficient (Wildman–Crippen LogP) is 4.39. The molecule has 2 rings (SSSR count). The van der Waals surface area contributed by atoms with E-state index in [4.69, 9.17) is 16.3 Å². The van der Waals surface area contributed by atoms with Crippen LogP contribution in [0.5, 0.6) is 0 Å². The summed E-state index contributed by atoms with van der Waals surface area (Å²) in [4.78, 5) is 28.5. The van der Waals surface area contributed by atoms with Gasteiger partial charge in [0, 0.05) is 18.5 Å². The molecule has 0 aliphatic heterocycles. The molecule has 29 heavy (non-hydrogen) atoms. The number of aromatic nitrogens is 1. The van der Waals surface area contributed by atoms with Crippen LogP contribution in [0.1, 0.15) is 17.7 Å².